The van der Waals surface area contributed by atoms with Crippen molar-refractivity contribution in [1.82, 2.24) is 9.88 Å². The van der Waals surface area contributed by atoms with Gasteiger partial charge in [-0.25, -0.2) is 0 Å². The molecule has 21 heavy (non-hydrogen) atoms. The van der Waals surface area contributed by atoms with E-state index in [1.54, 1.807) is 0 Å². The quantitative estimate of drug-likeness (QED) is 0.847. The largest absolute Gasteiger partial charge is 0.324 e. The molecule has 0 saturated carbocycles. The van der Waals surface area contributed by atoms with E-state index in [4.69, 9.17) is 5.73 Å². The van der Waals surface area contributed by atoms with Crippen LogP contribution in [-0.4, -0.2) is 23.5 Å². The standard InChI is InChI=1S/C18H25N3/c1-15-8-6-11-17(20-15)14-21(2)13-7-12-18(19)16-9-4-3-5-10-16/h3-6,8-11,18H,7,12-14,19H2,1-2H3. The van der Waals surface area contributed by atoms with Gasteiger partial charge in [-0.05, 0) is 51.1 Å². The minimum atomic E-state index is 0.136. The van der Waals surface area contributed by atoms with Crippen LogP contribution in [0.4, 0.5) is 0 Å². The van der Waals surface area contributed by atoms with E-state index in [1.165, 1.54) is 5.56 Å². The van der Waals surface area contributed by atoms with Crippen LogP contribution in [0.1, 0.15) is 35.8 Å². The maximum Gasteiger partial charge on any atom is 0.0547 e. The summed E-state index contributed by atoms with van der Waals surface area (Å²) >= 11 is 0. The third-order valence-electron chi connectivity index (χ3n) is 3.66. The third-order valence-corrected chi connectivity index (χ3v) is 3.66. The van der Waals surface area contributed by atoms with Gasteiger partial charge in [0.2, 0.25) is 0 Å². The molecule has 2 rings (SSSR count). The fraction of sp³-hybridized carbons (Fsp3) is 0.389. The van der Waals surface area contributed by atoms with E-state index in [-0.39, 0.29) is 6.04 Å². The van der Waals surface area contributed by atoms with Crippen molar-refractivity contribution in [2.75, 3.05) is 13.6 Å². The average Bonchev–Trinajstić information content (AvgIpc) is 2.48. The van der Waals surface area contributed by atoms with Crippen molar-refractivity contribution in [3.8, 4) is 0 Å². The second-order valence-corrected chi connectivity index (χ2v) is 5.67. The van der Waals surface area contributed by atoms with E-state index in [9.17, 15) is 0 Å². The molecule has 0 aliphatic heterocycles. The van der Waals surface area contributed by atoms with Crippen molar-refractivity contribution < 1.29 is 0 Å². The van der Waals surface area contributed by atoms with Gasteiger partial charge >= 0.3 is 0 Å². The van der Waals surface area contributed by atoms with E-state index in [2.05, 4.69) is 41.2 Å². The van der Waals surface area contributed by atoms with Crippen LogP contribution in [0.2, 0.25) is 0 Å². The van der Waals surface area contributed by atoms with E-state index in [1.807, 2.05) is 31.2 Å². The second-order valence-electron chi connectivity index (χ2n) is 5.67. The Hall–Kier alpha value is -1.71. The van der Waals surface area contributed by atoms with Crippen LogP contribution in [0.15, 0.2) is 48.5 Å². The molecule has 0 radical (unpaired) electrons. The molecule has 112 valence electrons. The van der Waals surface area contributed by atoms with E-state index in [0.29, 0.717) is 0 Å². The summed E-state index contributed by atoms with van der Waals surface area (Å²) in [5, 5.41) is 0. The lowest BCUT2D eigenvalue weighted by Crippen LogP contribution is -2.21. The number of aromatic nitrogens is 1. The normalized spacial score (nSPS) is 12.6. The number of rotatable bonds is 7. The molecule has 0 amide bonds. The number of benzene rings is 1. The van der Waals surface area contributed by atoms with Crippen molar-refractivity contribution in [1.29, 1.82) is 0 Å². The van der Waals surface area contributed by atoms with Gasteiger partial charge in [0.25, 0.3) is 0 Å². The molecule has 1 atom stereocenters. The smallest absolute Gasteiger partial charge is 0.0547 e. The topological polar surface area (TPSA) is 42.1 Å². The van der Waals surface area contributed by atoms with Gasteiger partial charge in [-0.1, -0.05) is 36.4 Å². The van der Waals surface area contributed by atoms with Gasteiger partial charge in [-0.3, -0.25) is 4.98 Å². The van der Waals surface area contributed by atoms with E-state index >= 15 is 0 Å². The minimum absolute atomic E-state index is 0.136. The highest BCUT2D eigenvalue weighted by molar-refractivity contribution is 5.18. The molecule has 0 bridgehead atoms. The Morgan fingerprint density at radius 3 is 2.57 bits per heavy atom. The van der Waals surface area contributed by atoms with Crippen molar-refractivity contribution >= 4 is 0 Å². The number of pyridine rings is 1. The third kappa shape index (κ3) is 5.29. The van der Waals surface area contributed by atoms with Crippen molar-refractivity contribution in [2.24, 2.45) is 5.73 Å². The van der Waals surface area contributed by atoms with Gasteiger partial charge in [0.15, 0.2) is 0 Å². The summed E-state index contributed by atoms with van der Waals surface area (Å²) in [4.78, 5) is 6.84. The summed E-state index contributed by atoms with van der Waals surface area (Å²) in [5.74, 6) is 0. The molecule has 1 aromatic carbocycles. The molecule has 1 heterocycles. The summed E-state index contributed by atoms with van der Waals surface area (Å²) in [5.41, 5.74) is 9.65. The molecule has 1 aromatic heterocycles. The van der Waals surface area contributed by atoms with Crippen LogP contribution in [0.3, 0.4) is 0 Å². The molecule has 2 N–H and O–H groups in total. The molecular weight excluding hydrogens is 258 g/mol. The lowest BCUT2D eigenvalue weighted by atomic mass is 10.0. The molecule has 0 aliphatic rings. The maximum absolute atomic E-state index is 6.22. The zero-order valence-corrected chi connectivity index (χ0v) is 13.0. The van der Waals surface area contributed by atoms with Gasteiger partial charge in [0.1, 0.15) is 0 Å². The van der Waals surface area contributed by atoms with E-state index < -0.39 is 0 Å². The fourth-order valence-electron chi connectivity index (χ4n) is 2.49. The summed E-state index contributed by atoms with van der Waals surface area (Å²) in [7, 11) is 2.14. The summed E-state index contributed by atoms with van der Waals surface area (Å²) in [6, 6.07) is 16.6. The predicted octanol–water partition coefficient (Wildman–Crippen LogP) is 3.30. The Bertz CT molecular complexity index is 539. The number of hydrogen-bond donors (Lipinski definition) is 1. The maximum atomic E-state index is 6.22. The van der Waals surface area contributed by atoms with Gasteiger partial charge < -0.3 is 10.6 Å². The first-order valence-electron chi connectivity index (χ1n) is 7.57. The first kappa shape index (κ1) is 15.7. The highest BCUT2D eigenvalue weighted by Crippen LogP contribution is 2.15. The number of hydrogen-bond acceptors (Lipinski definition) is 3. The summed E-state index contributed by atoms with van der Waals surface area (Å²) in [6.45, 7) is 3.96. The molecule has 2 aromatic rings. The molecule has 0 aliphatic carbocycles. The second kappa shape index (κ2) is 7.91. The van der Waals surface area contributed by atoms with Crippen LogP contribution in [0.25, 0.3) is 0 Å². The van der Waals surface area contributed by atoms with Gasteiger partial charge in [0, 0.05) is 18.3 Å². The summed E-state index contributed by atoms with van der Waals surface area (Å²) in [6.07, 6.45) is 2.11. The Kier molecular flexibility index (Phi) is 5.90. The monoisotopic (exact) mass is 283 g/mol. The minimum Gasteiger partial charge on any atom is -0.324 e. The average molecular weight is 283 g/mol. The Labute approximate surface area is 127 Å². The number of aryl methyl sites for hydroxylation is 1. The van der Waals surface area contributed by atoms with Crippen molar-refractivity contribution in [3.63, 3.8) is 0 Å². The molecule has 1 unspecified atom stereocenters. The SMILES string of the molecule is Cc1cccc(CN(C)CCCC(N)c2ccccc2)n1. The number of nitrogens with zero attached hydrogens (tertiary/aromatic N) is 2. The lowest BCUT2D eigenvalue weighted by molar-refractivity contribution is 0.310. The molecule has 3 nitrogen and oxygen atoms in total. The molecular formula is C18H25N3. The Morgan fingerprint density at radius 1 is 1.10 bits per heavy atom. The highest BCUT2D eigenvalue weighted by atomic mass is 15.1. The molecule has 0 spiro atoms. The van der Waals surface area contributed by atoms with Crippen LogP contribution < -0.4 is 5.73 Å². The van der Waals surface area contributed by atoms with Crippen molar-refractivity contribution in [3.05, 3.63) is 65.5 Å². The van der Waals surface area contributed by atoms with Crippen molar-refractivity contribution in [2.45, 2.75) is 32.4 Å². The molecule has 3 heteroatoms. The van der Waals surface area contributed by atoms with Crippen LogP contribution in [0, 0.1) is 6.92 Å². The van der Waals surface area contributed by atoms with E-state index in [0.717, 1.165) is 37.3 Å². The zero-order valence-electron chi connectivity index (χ0n) is 13.0. The number of nitrogens with two attached hydrogens (primary N) is 1. The fourth-order valence-corrected chi connectivity index (χ4v) is 2.49. The predicted molar refractivity (Wildman–Crippen MR) is 87.9 cm³/mol. The van der Waals surface area contributed by atoms with Crippen LogP contribution in [-0.2, 0) is 6.54 Å². The highest BCUT2D eigenvalue weighted by Gasteiger charge is 2.07. The summed E-state index contributed by atoms with van der Waals surface area (Å²) < 4.78 is 0. The molecule has 0 fully saturated rings. The van der Waals surface area contributed by atoms with Gasteiger partial charge in [-0.15, -0.1) is 0 Å². The first-order chi connectivity index (χ1) is 10.1. The zero-order chi connectivity index (χ0) is 15.1. The van der Waals surface area contributed by atoms with Gasteiger partial charge in [-0.2, -0.15) is 0 Å². The lowest BCUT2D eigenvalue weighted by Gasteiger charge is -2.18. The molecule has 0 saturated heterocycles. The first-order valence-corrected chi connectivity index (χ1v) is 7.57. The Balaban J connectivity index is 1.73. The van der Waals surface area contributed by atoms with Gasteiger partial charge in [0.05, 0.1) is 5.69 Å². The van der Waals surface area contributed by atoms with Crippen LogP contribution >= 0.6 is 0 Å². The van der Waals surface area contributed by atoms with Crippen LogP contribution in [0.5, 0.6) is 0 Å². The Morgan fingerprint density at radius 2 is 1.86 bits per heavy atom.